The molecular weight excluding hydrogens is 304 g/mol. The average Bonchev–Trinajstić information content (AvgIpc) is 2.55. The van der Waals surface area contributed by atoms with Crippen LogP contribution in [0.1, 0.15) is 97.1 Å². The summed E-state index contributed by atoms with van der Waals surface area (Å²) in [7, 11) is 0. The van der Waals surface area contributed by atoms with Gasteiger partial charge < -0.3 is 19.8 Å². The Morgan fingerprint density at radius 1 is 0.792 bits per heavy atom. The van der Waals surface area contributed by atoms with Gasteiger partial charge in [-0.05, 0) is 36.8 Å². The van der Waals surface area contributed by atoms with E-state index in [1.165, 1.54) is 6.07 Å². The first-order valence-corrected chi connectivity index (χ1v) is 9.10. The minimum Gasteiger partial charge on any atom is -0.545 e. The molecule has 0 amide bonds. The summed E-state index contributed by atoms with van der Waals surface area (Å²) in [6.07, 6.45) is 9.75. The molecule has 0 aliphatic carbocycles. The fraction of sp³-hybridized carbons (Fsp3) is 0.600. The Morgan fingerprint density at radius 3 is 1.88 bits per heavy atom. The van der Waals surface area contributed by atoms with Gasteiger partial charge in [0, 0.05) is 11.1 Å². The number of aromatic carboxylic acids is 2. The topological polar surface area (TPSA) is 80.3 Å². The van der Waals surface area contributed by atoms with Crippen LogP contribution in [0.2, 0.25) is 0 Å². The second-order valence-corrected chi connectivity index (χ2v) is 6.32. The molecule has 0 saturated heterocycles. The van der Waals surface area contributed by atoms with E-state index in [4.69, 9.17) is 0 Å². The Bertz CT molecular complexity index is 549. The average molecular weight is 332 g/mol. The second-order valence-electron chi connectivity index (χ2n) is 6.32. The molecule has 4 nitrogen and oxygen atoms in total. The molecule has 0 aliphatic rings. The van der Waals surface area contributed by atoms with Crippen molar-refractivity contribution >= 4 is 11.9 Å². The fourth-order valence-corrected chi connectivity index (χ4v) is 3.08. The quantitative estimate of drug-likeness (QED) is 0.551. The van der Waals surface area contributed by atoms with Gasteiger partial charge in [0.2, 0.25) is 0 Å². The number of hydrogen-bond acceptors (Lipinski definition) is 4. The predicted molar refractivity (Wildman–Crippen MR) is 90.8 cm³/mol. The lowest BCUT2D eigenvalue weighted by molar-refractivity contribution is -0.259. The number of carboxylic acid groups (broad SMARTS) is 2. The van der Waals surface area contributed by atoms with Crippen molar-refractivity contribution in [1.82, 2.24) is 0 Å². The van der Waals surface area contributed by atoms with Gasteiger partial charge in [-0.2, -0.15) is 0 Å². The van der Waals surface area contributed by atoms with Crippen molar-refractivity contribution in [2.75, 3.05) is 0 Å². The molecule has 1 aromatic rings. The van der Waals surface area contributed by atoms with E-state index in [-0.39, 0.29) is 11.1 Å². The summed E-state index contributed by atoms with van der Waals surface area (Å²) >= 11 is 0. The van der Waals surface area contributed by atoms with Crippen LogP contribution in [0.25, 0.3) is 0 Å². The number of carbonyl (C=O) groups excluding carboxylic acids is 2. The van der Waals surface area contributed by atoms with Crippen molar-refractivity contribution in [1.29, 1.82) is 0 Å². The molecule has 0 heterocycles. The third-order valence-corrected chi connectivity index (χ3v) is 4.41. The van der Waals surface area contributed by atoms with Gasteiger partial charge >= 0.3 is 0 Å². The van der Waals surface area contributed by atoms with Crippen LogP contribution in [-0.2, 0) is 12.8 Å². The molecule has 0 aliphatic heterocycles. The number of carboxylic acids is 2. The molecule has 1 rings (SSSR count). The van der Waals surface area contributed by atoms with E-state index in [1.54, 1.807) is 6.07 Å². The third-order valence-electron chi connectivity index (χ3n) is 4.41. The Morgan fingerprint density at radius 2 is 1.38 bits per heavy atom. The van der Waals surface area contributed by atoms with Gasteiger partial charge in [0.1, 0.15) is 0 Å². The largest absolute Gasteiger partial charge is 0.545 e. The third kappa shape index (κ3) is 5.99. The van der Waals surface area contributed by atoms with Gasteiger partial charge in [0.15, 0.2) is 0 Å². The minimum atomic E-state index is -1.46. The molecule has 1 aromatic carbocycles. The van der Waals surface area contributed by atoms with Crippen molar-refractivity contribution in [3.8, 4) is 0 Å². The van der Waals surface area contributed by atoms with Crippen molar-refractivity contribution in [3.63, 3.8) is 0 Å². The molecule has 0 atom stereocenters. The van der Waals surface area contributed by atoms with E-state index in [0.29, 0.717) is 12.0 Å². The first kappa shape index (κ1) is 20.2. The molecule has 0 unspecified atom stereocenters. The maximum absolute atomic E-state index is 11.6. The zero-order valence-corrected chi connectivity index (χ0v) is 14.9. The molecular formula is C20H28O4-2. The molecule has 0 bridgehead atoms. The zero-order chi connectivity index (χ0) is 17.9. The first-order valence-electron chi connectivity index (χ1n) is 9.10. The molecule has 0 aromatic heterocycles. The summed E-state index contributed by atoms with van der Waals surface area (Å²) in [5.41, 5.74) is 1.12. The number of aryl methyl sites for hydroxylation is 1. The summed E-state index contributed by atoms with van der Waals surface area (Å²) in [4.78, 5) is 22.8. The van der Waals surface area contributed by atoms with Crippen LogP contribution in [0.15, 0.2) is 12.1 Å². The highest BCUT2D eigenvalue weighted by Gasteiger charge is 2.15. The molecule has 0 saturated carbocycles. The maximum Gasteiger partial charge on any atom is 0.0724 e. The normalized spacial score (nSPS) is 10.8. The van der Waals surface area contributed by atoms with E-state index in [0.717, 1.165) is 63.4 Å². The van der Waals surface area contributed by atoms with Crippen molar-refractivity contribution < 1.29 is 19.8 Å². The molecule has 0 spiro atoms. The van der Waals surface area contributed by atoms with Crippen LogP contribution in [-0.4, -0.2) is 11.9 Å². The Balaban J connectivity index is 3.08. The molecule has 24 heavy (non-hydrogen) atoms. The molecule has 0 radical (unpaired) electrons. The van der Waals surface area contributed by atoms with Gasteiger partial charge in [-0.3, -0.25) is 0 Å². The SMILES string of the molecule is CCCCCCc1ccc(C(=O)[O-])c(C(=O)[O-])c1CCCCCC. The van der Waals surface area contributed by atoms with Gasteiger partial charge in [-0.15, -0.1) is 0 Å². The van der Waals surface area contributed by atoms with E-state index in [1.807, 2.05) is 0 Å². The number of rotatable bonds is 12. The maximum atomic E-state index is 11.6. The lowest BCUT2D eigenvalue weighted by Gasteiger charge is -2.20. The highest BCUT2D eigenvalue weighted by Crippen LogP contribution is 2.24. The highest BCUT2D eigenvalue weighted by atomic mass is 16.4. The summed E-state index contributed by atoms with van der Waals surface area (Å²) in [5.74, 6) is -2.88. The monoisotopic (exact) mass is 332 g/mol. The molecule has 0 fully saturated rings. The van der Waals surface area contributed by atoms with E-state index >= 15 is 0 Å². The van der Waals surface area contributed by atoms with Crippen molar-refractivity contribution in [2.24, 2.45) is 0 Å². The number of hydrogen-bond donors (Lipinski definition) is 0. The summed E-state index contributed by atoms with van der Waals surface area (Å²) in [6, 6.07) is 3.10. The fourth-order valence-electron chi connectivity index (χ4n) is 3.08. The summed E-state index contributed by atoms with van der Waals surface area (Å²) in [5, 5.41) is 22.8. The van der Waals surface area contributed by atoms with Gasteiger partial charge in [0.05, 0.1) is 11.9 Å². The Hall–Kier alpha value is -1.84. The van der Waals surface area contributed by atoms with Crippen LogP contribution in [0.5, 0.6) is 0 Å². The van der Waals surface area contributed by atoms with Crippen molar-refractivity contribution in [2.45, 2.75) is 78.1 Å². The first-order chi connectivity index (χ1) is 11.5. The van der Waals surface area contributed by atoms with E-state index in [2.05, 4.69) is 13.8 Å². The number of benzene rings is 1. The number of carbonyl (C=O) groups is 2. The molecule has 0 N–H and O–H groups in total. The van der Waals surface area contributed by atoms with Gasteiger partial charge in [-0.1, -0.05) is 64.5 Å². The second kappa shape index (κ2) is 10.8. The van der Waals surface area contributed by atoms with Crippen LogP contribution >= 0.6 is 0 Å². The van der Waals surface area contributed by atoms with Gasteiger partial charge in [0.25, 0.3) is 0 Å². The summed E-state index contributed by atoms with van der Waals surface area (Å²) < 4.78 is 0. The molecule has 4 heteroatoms. The predicted octanol–water partition coefficient (Wildman–Crippen LogP) is 2.66. The van der Waals surface area contributed by atoms with Crippen LogP contribution in [0, 0.1) is 0 Å². The lowest BCUT2D eigenvalue weighted by atomic mass is 9.89. The minimum absolute atomic E-state index is 0.181. The van der Waals surface area contributed by atoms with Gasteiger partial charge in [-0.25, -0.2) is 0 Å². The smallest absolute Gasteiger partial charge is 0.0724 e. The Labute approximate surface area is 144 Å². The lowest BCUT2D eigenvalue weighted by Crippen LogP contribution is -2.31. The number of unbranched alkanes of at least 4 members (excludes halogenated alkanes) is 6. The van der Waals surface area contributed by atoms with Crippen LogP contribution < -0.4 is 10.2 Å². The standard InChI is InChI=1S/C20H30O4/c1-3-5-7-9-11-15-13-14-17(19(21)22)18(20(23)24)16(15)12-10-8-6-4-2/h13-14H,3-12H2,1-2H3,(H,21,22)(H,23,24)/p-2. The summed E-state index contributed by atoms with van der Waals surface area (Å²) in [6.45, 7) is 4.25. The highest BCUT2D eigenvalue weighted by molar-refractivity contribution is 6.01. The van der Waals surface area contributed by atoms with Crippen LogP contribution in [0.3, 0.4) is 0 Å². The van der Waals surface area contributed by atoms with E-state index < -0.39 is 11.9 Å². The Kier molecular flexibility index (Phi) is 9.13. The zero-order valence-electron chi connectivity index (χ0n) is 14.9. The molecule has 134 valence electrons. The van der Waals surface area contributed by atoms with Crippen molar-refractivity contribution in [3.05, 3.63) is 34.4 Å². The van der Waals surface area contributed by atoms with E-state index in [9.17, 15) is 19.8 Å². The van der Waals surface area contributed by atoms with Crippen LogP contribution in [0.4, 0.5) is 0 Å².